The van der Waals surface area contributed by atoms with E-state index in [0.717, 1.165) is 22.6 Å². The van der Waals surface area contributed by atoms with Crippen LogP contribution in [0.5, 0.6) is 11.5 Å². The molecule has 2 aromatic carbocycles. The van der Waals surface area contributed by atoms with Gasteiger partial charge < -0.3 is 9.47 Å². The van der Waals surface area contributed by atoms with Crippen LogP contribution < -0.4 is 14.9 Å². The molecule has 0 spiro atoms. The topological polar surface area (TPSA) is 59.9 Å². The van der Waals surface area contributed by atoms with E-state index in [-0.39, 0.29) is 12.7 Å². The van der Waals surface area contributed by atoms with E-state index in [1.807, 2.05) is 42.5 Å². The fourth-order valence-electron chi connectivity index (χ4n) is 2.05. The van der Waals surface area contributed by atoms with Crippen LogP contribution in [0.25, 0.3) is 0 Å². The largest absolute Gasteiger partial charge is 0.454 e. The Hall–Kier alpha value is -2.18. The van der Waals surface area contributed by atoms with Gasteiger partial charge in [0.2, 0.25) is 12.7 Å². The number of hydrogen-bond acceptors (Lipinski definition) is 5. The van der Waals surface area contributed by atoms with Crippen molar-refractivity contribution in [2.24, 2.45) is 5.10 Å². The van der Waals surface area contributed by atoms with Gasteiger partial charge in [0.15, 0.2) is 11.5 Å². The van der Waals surface area contributed by atoms with Gasteiger partial charge in [0.1, 0.15) is 0 Å². The molecule has 0 saturated heterocycles. The highest BCUT2D eigenvalue weighted by Crippen LogP contribution is 2.31. The smallest absolute Gasteiger partial charge is 0.250 e. The van der Waals surface area contributed by atoms with E-state index in [1.54, 1.807) is 6.21 Å². The number of halogens is 1. The van der Waals surface area contributed by atoms with Gasteiger partial charge in [-0.3, -0.25) is 4.79 Å². The van der Waals surface area contributed by atoms with Gasteiger partial charge in [-0.15, -0.1) is 11.8 Å². The Morgan fingerprint density at radius 1 is 1.21 bits per heavy atom. The van der Waals surface area contributed by atoms with Gasteiger partial charge in [0, 0.05) is 10.8 Å². The summed E-state index contributed by atoms with van der Waals surface area (Å²) in [6, 6.07) is 13.1. The lowest BCUT2D eigenvalue weighted by Gasteiger charge is -2.02. The first kappa shape index (κ1) is 16.7. The van der Waals surface area contributed by atoms with Crippen molar-refractivity contribution in [2.45, 2.75) is 5.75 Å². The van der Waals surface area contributed by atoms with E-state index in [4.69, 9.17) is 21.1 Å². The summed E-state index contributed by atoms with van der Waals surface area (Å²) in [4.78, 5) is 11.8. The van der Waals surface area contributed by atoms with Crippen molar-refractivity contribution in [1.29, 1.82) is 0 Å². The minimum absolute atomic E-state index is 0.147. The lowest BCUT2D eigenvalue weighted by atomic mass is 10.2. The summed E-state index contributed by atoms with van der Waals surface area (Å²) in [5.74, 6) is 2.34. The van der Waals surface area contributed by atoms with Gasteiger partial charge in [-0.25, -0.2) is 5.43 Å². The van der Waals surface area contributed by atoms with Crippen LogP contribution in [0.2, 0.25) is 5.02 Å². The lowest BCUT2D eigenvalue weighted by molar-refractivity contribution is -0.118. The number of hydrogen-bond donors (Lipinski definition) is 1. The number of thioether (sulfide) groups is 1. The number of hydrazone groups is 1. The molecule has 1 aliphatic heterocycles. The molecular formula is C17H15ClN2O3S. The average molecular weight is 363 g/mol. The van der Waals surface area contributed by atoms with Crippen molar-refractivity contribution in [1.82, 2.24) is 5.43 Å². The predicted molar refractivity (Wildman–Crippen MR) is 95.9 cm³/mol. The molecule has 1 aliphatic rings. The normalized spacial score (nSPS) is 12.5. The third-order valence-electron chi connectivity index (χ3n) is 3.21. The minimum Gasteiger partial charge on any atom is -0.454 e. The van der Waals surface area contributed by atoms with Crippen LogP contribution in [0, 0.1) is 0 Å². The fraction of sp³-hybridized carbons (Fsp3) is 0.176. The van der Waals surface area contributed by atoms with E-state index in [2.05, 4.69) is 10.5 Å². The van der Waals surface area contributed by atoms with Crippen molar-refractivity contribution in [3.05, 3.63) is 58.6 Å². The van der Waals surface area contributed by atoms with Crippen molar-refractivity contribution >= 4 is 35.5 Å². The van der Waals surface area contributed by atoms with Crippen LogP contribution in [-0.4, -0.2) is 24.7 Å². The molecule has 0 aromatic heterocycles. The third-order valence-corrected chi connectivity index (χ3v) is 4.47. The molecule has 5 nitrogen and oxygen atoms in total. The molecule has 0 atom stereocenters. The molecule has 124 valence electrons. The molecule has 1 N–H and O–H groups in total. The van der Waals surface area contributed by atoms with E-state index < -0.39 is 0 Å². The summed E-state index contributed by atoms with van der Waals surface area (Å²) in [5.41, 5.74) is 4.46. The van der Waals surface area contributed by atoms with Crippen LogP contribution in [0.3, 0.4) is 0 Å². The number of fused-ring (bicyclic) bond motifs is 1. The second-order valence-electron chi connectivity index (χ2n) is 5.03. The SMILES string of the molecule is O=C(CSCc1ccc(Cl)cc1)N/N=C\c1ccc2c(c1)OCO2. The highest BCUT2D eigenvalue weighted by Gasteiger charge is 2.12. The number of nitrogens with one attached hydrogen (secondary N) is 1. The molecule has 0 bridgehead atoms. The summed E-state index contributed by atoms with van der Waals surface area (Å²) in [7, 11) is 0. The van der Waals surface area contributed by atoms with Crippen molar-refractivity contribution < 1.29 is 14.3 Å². The molecule has 24 heavy (non-hydrogen) atoms. The average Bonchev–Trinajstić information content (AvgIpc) is 3.04. The molecule has 0 fully saturated rings. The number of amides is 1. The zero-order valence-corrected chi connectivity index (χ0v) is 14.3. The zero-order chi connectivity index (χ0) is 16.8. The monoisotopic (exact) mass is 362 g/mol. The molecule has 0 aliphatic carbocycles. The van der Waals surface area contributed by atoms with Gasteiger partial charge in [-0.1, -0.05) is 23.7 Å². The summed E-state index contributed by atoms with van der Waals surface area (Å²) >= 11 is 7.35. The summed E-state index contributed by atoms with van der Waals surface area (Å²) in [6.07, 6.45) is 1.57. The molecule has 2 aromatic rings. The maximum absolute atomic E-state index is 11.8. The Balaban J connectivity index is 1.41. The minimum atomic E-state index is -0.147. The van der Waals surface area contributed by atoms with Gasteiger partial charge >= 0.3 is 0 Å². The van der Waals surface area contributed by atoms with E-state index in [9.17, 15) is 4.79 Å². The highest BCUT2D eigenvalue weighted by molar-refractivity contribution is 7.99. The van der Waals surface area contributed by atoms with Crippen LogP contribution in [0.15, 0.2) is 47.6 Å². The Morgan fingerprint density at radius 2 is 2.00 bits per heavy atom. The second kappa shape index (κ2) is 8.08. The van der Waals surface area contributed by atoms with Crippen LogP contribution in [0.4, 0.5) is 0 Å². The molecule has 3 rings (SSSR count). The number of rotatable bonds is 6. The maximum Gasteiger partial charge on any atom is 0.250 e. The number of nitrogens with zero attached hydrogens (tertiary/aromatic N) is 1. The van der Waals surface area contributed by atoms with Crippen LogP contribution in [-0.2, 0) is 10.5 Å². The number of carbonyl (C=O) groups excluding carboxylic acids is 1. The lowest BCUT2D eigenvalue weighted by Crippen LogP contribution is -2.19. The fourth-order valence-corrected chi connectivity index (χ4v) is 2.95. The molecule has 7 heteroatoms. The van der Waals surface area contributed by atoms with Crippen LogP contribution >= 0.6 is 23.4 Å². The van der Waals surface area contributed by atoms with Gasteiger partial charge in [0.05, 0.1) is 12.0 Å². The first-order valence-corrected chi connectivity index (χ1v) is 8.78. The van der Waals surface area contributed by atoms with Crippen LogP contribution in [0.1, 0.15) is 11.1 Å². The van der Waals surface area contributed by atoms with Crippen molar-refractivity contribution in [3.8, 4) is 11.5 Å². The van der Waals surface area contributed by atoms with E-state index in [0.29, 0.717) is 16.5 Å². The van der Waals surface area contributed by atoms with Gasteiger partial charge in [-0.05, 0) is 41.5 Å². The second-order valence-corrected chi connectivity index (χ2v) is 6.45. The molecule has 0 radical (unpaired) electrons. The molecule has 1 heterocycles. The molecule has 0 unspecified atom stereocenters. The summed E-state index contributed by atoms with van der Waals surface area (Å²) < 4.78 is 10.5. The predicted octanol–water partition coefficient (Wildman–Crippen LogP) is 3.45. The number of carbonyl (C=O) groups is 1. The quantitative estimate of drug-likeness (QED) is 0.631. The van der Waals surface area contributed by atoms with Gasteiger partial charge in [-0.2, -0.15) is 5.10 Å². The Labute approximate surface area is 149 Å². The molecule has 1 amide bonds. The van der Waals surface area contributed by atoms with E-state index in [1.165, 1.54) is 11.8 Å². The maximum atomic E-state index is 11.8. The first-order chi connectivity index (χ1) is 11.7. The van der Waals surface area contributed by atoms with Crippen molar-refractivity contribution in [3.63, 3.8) is 0 Å². The Bertz CT molecular complexity index is 750. The third kappa shape index (κ3) is 4.66. The Morgan fingerprint density at radius 3 is 2.83 bits per heavy atom. The Kier molecular flexibility index (Phi) is 5.61. The standard InChI is InChI=1S/C17H15ClN2O3S/c18-14-4-1-12(2-5-14)9-24-10-17(21)20-19-8-13-3-6-15-16(7-13)23-11-22-15/h1-8H,9-11H2,(H,20,21)/b19-8-. The molecular weight excluding hydrogens is 348 g/mol. The van der Waals surface area contributed by atoms with Gasteiger partial charge in [0.25, 0.3) is 0 Å². The van der Waals surface area contributed by atoms with E-state index >= 15 is 0 Å². The highest BCUT2D eigenvalue weighted by atomic mass is 35.5. The first-order valence-electron chi connectivity index (χ1n) is 7.24. The number of benzene rings is 2. The summed E-state index contributed by atoms with van der Waals surface area (Å²) in [6.45, 7) is 0.234. The molecule has 0 saturated carbocycles. The zero-order valence-electron chi connectivity index (χ0n) is 12.7. The summed E-state index contributed by atoms with van der Waals surface area (Å²) in [5, 5.41) is 4.66. The number of ether oxygens (including phenoxy) is 2. The van der Waals surface area contributed by atoms with Crippen molar-refractivity contribution in [2.75, 3.05) is 12.5 Å².